The standard InChI is InChI=1S/C46H58N4O10/c1-31(2)39(49-45(55)59-29-35-21-13-7-14-22-35)43(53)47-25-37(57-27-33-17-9-5-10-18-33)41(51)42(52)38(58-28-34-19-11-6-12-20-34)26-48-44(54)40(32(3)4)50-46(56)60-30-36-23-15-8-16-24-36/h5-24,31-32,37-42,51-52H,25-30H2,1-4H3,(H,47,53)(H,48,54)(H,49,55)(H,50,56)/t37-,38-,39+,40+,41-,42+/m1/s1. The number of carbonyl (C=O) groups excluding carboxylic acids is 4. The number of amides is 4. The van der Waals surface area contributed by atoms with E-state index in [1.165, 1.54) is 0 Å². The molecular formula is C46H58N4O10. The number of hydrogen-bond acceptors (Lipinski definition) is 10. The van der Waals surface area contributed by atoms with Crippen molar-refractivity contribution in [2.45, 2.75) is 90.6 Å². The van der Waals surface area contributed by atoms with Crippen LogP contribution < -0.4 is 21.3 Å². The molecule has 322 valence electrons. The van der Waals surface area contributed by atoms with Gasteiger partial charge in [0.05, 0.1) is 13.2 Å². The van der Waals surface area contributed by atoms with Crippen LogP contribution in [-0.2, 0) is 55.0 Å². The number of alkyl carbamates (subject to hydrolysis) is 2. The summed E-state index contributed by atoms with van der Waals surface area (Å²) in [6, 6.07) is 34.6. The third-order valence-electron chi connectivity index (χ3n) is 9.55. The molecule has 60 heavy (non-hydrogen) atoms. The summed E-state index contributed by atoms with van der Waals surface area (Å²) >= 11 is 0. The summed E-state index contributed by atoms with van der Waals surface area (Å²) in [5, 5.41) is 34.3. The fourth-order valence-electron chi connectivity index (χ4n) is 6.03. The van der Waals surface area contributed by atoms with Crippen molar-refractivity contribution in [2.24, 2.45) is 11.8 Å². The Hall–Kier alpha value is -5.80. The van der Waals surface area contributed by atoms with E-state index in [2.05, 4.69) is 21.3 Å². The van der Waals surface area contributed by atoms with Crippen LogP contribution in [0.1, 0.15) is 49.9 Å². The molecule has 0 saturated carbocycles. The minimum absolute atomic E-state index is 0.0164. The molecule has 4 amide bonds. The second-order valence-electron chi connectivity index (χ2n) is 15.0. The molecule has 6 atom stereocenters. The van der Waals surface area contributed by atoms with Crippen LogP contribution in [0.4, 0.5) is 9.59 Å². The Morgan fingerprint density at radius 2 is 0.750 bits per heavy atom. The highest BCUT2D eigenvalue weighted by Crippen LogP contribution is 2.16. The van der Waals surface area contributed by atoms with Gasteiger partial charge < -0.3 is 50.4 Å². The van der Waals surface area contributed by atoms with Gasteiger partial charge in [0.1, 0.15) is 49.7 Å². The number of aliphatic hydroxyl groups is 2. The molecule has 0 spiro atoms. The van der Waals surface area contributed by atoms with Gasteiger partial charge in [-0.1, -0.05) is 149 Å². The lowest BCUT2D eigenvalue weighted by Gasteiger charge is -2.33. The quantitative estimate of drug-likeness (QED) is 0.0592. The van der Waals surface area contributed by atoms with Gasteiger partial charge in [0.25, 0.3) is 0 Å². The maximum absolute atomic E-state index is 13.6. The van der Waals surface area contributed by atoms with Crippen molar-refractivity contribution in [1.29, 1.82) is 0 Å². The molecule has 0 aliphatic heterocycles. The van der Waals surface area contributed by atoms with E-state index in [1.807, 2.05) is 121 Å². The van der Waals surface area contributed by atoms with Crippen LogP contribution in [0, 0.1) is 11.8 Å². The highest BCUT2D eigenvalue weighted by Gasteiger charge is 2.36. The molecule has 0 radical (unpaired) electrons. The first-order valence-corrected chi connectivity index (χ1v) is 20.1. The summed E-state index contributed by atoms with van der Waals surface area (Å²) in [6.07, 6.45) is -7.24. The van der Waals surface area contributed by atoms with Crippen LogP contribution in [0.15, 0.2) is 121 Å². The van der Waals surface area contributed by atoms with Crippen LogP contribution >= 0.6 is 0 Å². The summed E-state index contributed by atoms with van der Waals surface area (Å²) in [5.41, 5.74) is 3.12. The number of rotatable bonds is 23. The second-order valence-corrected chi connectivity index (χ2v) is 15.0. The number of carbonyl (C=O) groups is 4. The third kappa shape index (κ3) is 16.1. The van der Waals surface area contributed by atoms with E-state index < -0.39 is 60.5 Å². The monoisotopic (exact) mass is 826 g/mol. The molecule has 0 unspecified atom stereocenters. The number of ether oxygens (including phenoxy) is 4. The predicted molar refractivity (Wildman–Crippen MR) is 225 cm³/mol. The summed E-state index contributed by atoms with van der Waals surface area (Å²) in [4.78, 5) is 52.5. The van der Waals surface area contributed by atoms with Gasteiger partial charge in [-0.05, 0) is 34.1 Å². The minimum atomic E-state index is -1.65. The summed E-state index contributed by atoms with van der Waals surface area (Å²) in [7, 11) is 0. The van der Waals surface area contributed by atoms with Crippen molar-refractivity contribution in [3.8, 4) is 0 Å². The zero-order valence-electron chi connectivity index (χ0n) is 34.6. The van der Waals surface area contributed by atoms with Crippen molar-refractivity contribution < 1.29 is 48.3 Å². The van der Waals surface area contributed by atoms with Gasteiger partial charge in [-0.3, -0.25) is 9.59 Å². The average Bonchev–Trinajstić information content (AvgIpc) is 3.26. The van der Waals surface area contributed by atoms with E-state index in [-0.39, 0.29) is 51.4 Å². The first-order valence-electron chi connectivity index (χ1n) is 20.1. The van der Waals surface area contributed by atoms with E-state index in [9.17, 15) is 29.4 Å². The lowest BCUT2D eigenvalue weighted by molar-refractivity contribution is -0.146. The third-order valence-corrected chi connectivity index (χ3v) is 9.55. The Morgan fingerprint density at radius 1 is 0.467 bits per heavy atom. The highest BCUT2D eigenvalue weighted by molar-refractivity contribution is 5.86. The van der Waals surface area contributed by atoms with Crippen molar-refractivity contribution in [3.63, 3.8) is 0 Å². The molecule has 0 aromatic heterocycles. The van der Waals surface area contributed by atoms with Gasteiger partial charge in [0.2, 0.25) is 11.8 Å². The van der Waals surface area contributed by atoms with E-state index in [0.29, 0.717) is 0 Å². The average molecular weight is 827 g/mol. The lowest BCUT2D eigenvalue weighted by Crippen LogP contribution is -2.56. The SMILES string of the molecule is CC(C)[C@H](NC(=O)OCc1ccccc1)C(=O)NC[C@@H](OCc1ccccc1)[C@H](O)[C@H](O)[C@@H](CNC(=O)[C@@H](NC(=O)OCc1ccccc1)C(C)C)OCc1ccccc1. The first kappa shape index (κ1) is 46.9. The number of aliphatic hydroxyl groups excluding tert-OH is 2. The minimum Gasteiger partial charge on any atom is -0.445 e. The Kier molecular flexibility index (Phi) is 19.5. The molecule has 4 aromatic rings. The Labute approximate surface area is 352 Å². The topological polar surface area (TPSA) is 194 Å². The second kappa shape index (κ2) is 25.0. The largest absolute Gasteiger partial charge is 0.445 e. The van der Waals surface area contributed by atoms with Crippen LogP contribution in [0.3, 0.4) is 0 Å². The number of hydrogen-bond donors (Lipinski definition) is 6. The van der Waals surface area contributed by atoms with Crippen molar-refractivity contribution in [1.82, 2.24) is 21.3 Å². The van der Waals surface area contributed by atoms with Crippen LogP contribution in [-0.4, -0.2) is 83.8 Å². The molecule has 14 heteroatoms. The van der Waals surface area contributed by atoms with Gasteiger partial charge >= 0.3 is 12.2 Å². The van der Waals surface area contributed by atoms with Gasteiger partial charge in [0, 0.05) is 13.1 Å². The highest BCUT2D eigenvalue weighted by atomic mass is 16.6. The fourth-order valence-corrected chi connectivity index (χ4v) is 6.03. The molecule has 0 fully saturated rings. The van der Waals surface area contributed by atoms with E-state index in [1.54, 1.807) is 27.7 Å². The molecular weight excluding hydrogens is 769 g/mol. The molecule has 14 nitrogen and oxygen atoms in total. The van der Waals surface area contributed by atoms with Crippen LogP contribution in [0.5, 0.6) is 0 Å². The van der Waals surface area contributed by atoms with Gasteiger partial charge in [-0.2, -0.15) is 0 Å². The smallest absolute Gasteiger partial charge is 0.408 e. The van der Waals surface area contributed by atoms with Gasteiger partial charge in [-0.15, -0.1) is 0 Å². The van der Waals surface area contributed by atoms with E-state index >= 15 is 0 Å². The molecule has 0 bridgehead atoms. The molecule has 6 N–H and O–H groups in total. The Morgan fingerprint density at radius 3 is 1.03 bits per heavy atom. The Bertz CT molecular complexity index is 1730. The molecule has 0 heterocycles. The van der Waals surface area contributed by atoms with E-state index in [4.69, 9.17) is 18.9 Å². The maximum atomic E-state index is 13.6. The maximum Gasteiger partial charge on any atom is 0.408 e. The molecule has 0 saturated heterocycles. The van der Waals surface area contributed by atoms with Gasteiger partial charge in [-0.25, -0.2) is 9.59 Å². The lowest BCUT2D eigenvalue weighted by atomic mass is 10.00. The first-order chi connectivity index (χ1) is 28.9. The van der Waals surface area contributed by atoms with Crippen LogP contribution in [0.2, 0.25) is 0 Å². The summed E-state index contributed by atoms with van der Waals surface area (Å²) in [6.45, 7) is 6.60. The molecule has 0 aliphatic rings. The number of benzene rings is 4. The predicted octanol–water partition coefficient (Wildman–Crippen LogP) is 5.01. The summed E-state index contributed by atoms with van der Waals surface area (Å²) < 4.78 is 22.9. The molecule has 4 rings (SSSR count). The van der Waals surface area contributed by atoms with Crippen molar-refractivity contribution in [3.05, 3.63) is 144 Å². The zero-order chi connectivity index (χ0) is 43.3. The number of nitrogens with one attached hydrogen (secondary N) is 4. The van der Waals surface area contributed by atoms with Gasteiger partial charge in [0.15, 0.2) is 0 Å². The van der Waals surface area contributed by atoms with Crippen molar-refractivity contribution >= 4 is 24.0 Å². The van der Waals surface area contributed by atoms with E-state index in [0.717, 1.165) is 22.3 Å². The Balaban J connectivity index is 1.46. The fraction of sp³-hybridized carbons (Fsp3) is 0.391. The normalized spacial score (nSPS) is 14.2. The van der Waals surface area contributed by atoms with Crippen LogP contribution in [0.25, 0.3) is 0 Å². The molecule has 4 aromatic carbocycles. The zero-order valence-corrected chi connectivity index (χ0v) is 34.6. The molecule has 0 aliphatic carbocycles. The van der Waals surface area contributed by atoms with Crippen molar-refractivity contribution in [2.75, 3.05) is 13.1 Å². The summed E-state index contributed by atoms with van der Waals surface area (Å²) in [5.74, 6) is -1.81.